The van der Waals surface area contributed by atoms with Crippen molar-refractivity contribution in [1.29, 1.82) is 0 Å². The van der Waals surface area contributed by atoms with E-state index in [-0.39, 0.29) is 0 Å². The second kappa shape index (κ2) is 14.7. The van der Waals surface area contributed by atoms with Crippen molar-refractivity contribution in [3.8, 4) is 11.5 Å². The van der Waals surface area contributed by atoms with Gasteiger partial charge in [-0.25, -0.2) is 4.79 Å². The van der Waals surface area contributed by atoms with Gasteiger partial charge >= 0.3 is 6.09 Å². The highest BCUT2D eigenvalue weighted by Gasteiger charge is 2.17. The Bertz CT molecular complexity index is 1130. The first-order valence-corrected chi connectivity index (χ1v) is 13.0. The molecule has 0 spiro atoms. The number of nitrogens with zero attached hydrogens (tertiary/aromatic N) is 3. The van der Waals surface area contributed by atoms with Gasteiger partial charge in [0.15, 0.2) is 0 Å². The van der Waals surface area contributed by atoms with Gasteiger partial charge in [0.1, 0.15) is 23.3 Å². The Morgan fingerprint density at radius 2 is 1.23 bits per heavy atom. The molecule has 0 aliphatic heterocycles. The van der Waals surface area contributed by atoms with Crippen LogP contribution in [0.1, 0.15) is 38.8 Å². The van der Waals surface area contributed by atoms with E-state index in [9.17, 15) is 4.79 Å². The minimum atomic E-state index is -0.581. The summed E-state index contributed by atoms with van der Waals surface area (Å²) in [4.78, 5) is 25.4. The van der Waals surface area contributed by atoms with E-state index in [4.69, 9.17) is 18.9 Å². The van der Waals surface area contributed by atoms with Crippen LogP contribution in [0.4, 0.5) is 22.6 Å². The lowest BCUT2D eigenvalue weighted by atomic mass is 10.2. The summed E-state index contributed by atoms with van der Waals surface area (Å²) >= 11 is 0. The molecule has 40 heavy (non-hydrogen) atoms. The summed E-state index contributed by atoms with van der Waals surface area (Å²) in [6, 6.07) is 15.5. The number of alkyl carbamates (subject to hydrolysis) is 1. The molecule has 1 atom stereocenters. The molecule has 3 aromatic rings. The molecule has 1 heterocycles. The molecular weight excluding hydrogens is 514 g/mol. The number of rotatable bonds is 14. The van der Waals surface area contributed by atoms with Gasteiger partial charge in [-0.3, -0.25) is 5.32 Å². The second-order valence-corrected chi connectivity index (χ2v) is 9.80. The number of aromatic nitrogens is 3. The Kier molecular flexibility index (Phi) is 11.1. The summed E-state index contributed by atoms with van der Waals surface area (Å²) in [6.45, 7) is 8.87. The maximum absolute atomic E-state index is 11.9. The lowest BCUT2D eigenvalue weighted by Gasteiger charge is -2.22. The van der Waals surface area contributed by atoms with Crippen molar-refractivity contribution in [2.24, 2.45) is 0 Å². The molecule has 12 heteroatoms. The molecule has 0 bridgehead atoms. The summed E-state index contributed by atoms with van der Waals surface area (Å²) in [5.41, 5.74) is 1.51. The van der Waals surface area contributed by atoms with Crippen LogP contribution in [0.3, 0.4) is 0 Å². The quantitative estimate of drug-likeness (QED) is 0.167. The van der Waals surface area contributed by atoms with Crippen molar-refractivity contribution in [2.45, 2.75) is 52.6 Å². The predicted octanol–water partition coefficient (Wildman–Crippen LogP) is 4.41. The van der Waals surface area contributed by atoms with Gasteiger partial charge in [0.2, 0.25) is 17.8 Å². The highest BCUT2D eigenvalue weighted by molar-refractivity contribution is 5.67. The zero-order valence-electron chi connectivity index (χ0n) is 23.9. The molecular formula is C28H39N7O5. The van der Waals surface area contributed by atoms with Gasteiger partial charge in [-0.2, -0.15) is 15.0 Å². The number of hydrogen-bond acceptors (Lipinski definition) is 11. The Balaban J connectivity index is 1.59. The molecule has 0 fully saturated rings. The molecule has 0 radical (unpaired) electrons. The van der Waals surface area contributed by atoms with Crippen LogP contribution in [0.25, 0.3) is 0 Å². The normalized spacial score (nSPS) is 11.8. The van der Waals surface area contributed by atoms with Gasteiger partial charge in [0.25, 0.3) is 0 Å². The molecule has 1 unspecified atom stereocenters. The van der Waals surface area contributed by atoms with Gasteiger partial charge in [-0.05, 0) is 63.1 Å². The van der Waals surface area contributed by atoms with E-state index in [1.807, 2.05) is 48.5 Å². The molecule has 4 N–H and O–H groups in total. The molecule has 0 saturated heterocycles. The molecule has 1 aromatic heterocycles. The fraction of sp³-hybridized carbons (Fsp3) is 0.429. The predicted molar refractivity (Wildman–Crippen MR) is 154 cm³/mol. The number of benzene rings is 2. The van der Waals surface area contributed by atoms with Crippen LogP contribution in [-0.4, -0.2) is 60.2 Å². The van der Waals surface area contributed by atoms with Gasteiger partial charge in [0.05, 0.1) is 20.8 Å². The monoisotopic (exact) mass is 553 g/mol. The molecule has 216 valence electrons. The van der Waals surface area contributed by atoms with Crippen LogP contribution in [0.5, 0.6) is 11.5 Å². The fourth-order valence-corrected chi connectivity index (χ4v) is 3.38. The van der Waals surface area contributed by atoms with E-state index < -0.39 is 17.9 Å². The highest BCUT2D eigenvalue weighted by Crippen LogP contribution is 2.16. The SMILES string of the molecule is COc1ccc(CNc2nc(NCCOC(C)NC(=O)OC(C)(C)C)nc(NCc3ccc(OC)cc3)n2)cc1. The second-order valence-electron chi connectivity index (χ2n) is 9.80. The van der Waals surface area contributed by atoms with Crippen molar-refractivity contribution in [3.63, 3.8) is 0 Å². The first-order chi connectivity index (χ1) is 19.1. The van der Waals surface area contributed by atoms with Crippen molar-refractivity contribution in [3.05, 3.63) is 59.7 Å². The van der Waals surface area contributed by atoms with E-state index >= 15 is 0 Å². The van der Waals surface area contributed by atoms with Crippen molar-refractivity contribution >= 4 is 23.9 Å². The molecule has 1 amide bonds. The van der Waals surface area contributed by atoms with E-state index in [0.29, 0.717) is 44.1 Å². The first kappa shape index (κ1) is 30.2. The summed E-state index contributed by atoms with van der Waals surface area (Å²) in [5.74, 6) is 2.77. The molecule has 0 saturated carbocycles. The summed E-state index contributed by atoms with van der Waals surface area (Å²) in [7, 11) is 3.27. The number of carbonyl (C=O) groups is 1. The summed E-state index contributed by atoms with van der Waals surface area (Å²) in [6.07, 6.45) is -1.07. The molecule has 12 nitrogen and oxygen atoms in total. The highest BCUT2D eigenvalue weighted by atomic mass is 16.6. The number of nitrogens with one attached hydrogen (secondary N) is 4. The minimum absolute atomic E-state index is 0.297. The van der Waals surface area contributed by atoms with Gasteiger partial charge in [-0.1, -0.05) is 24.3 Å². The van der Waals surface area contributed by atoms with Crippen molar-refractivity contribution in [1.82, 2.24) is 20.3 Å². The Morgan fingerprint density at radius 1 is 0.775 bits per heavy atom. The zero-order chi connectivity index (χ0) is 29.0. The number of ether oxygens (including phenoxy) is 4. The number of amides is 1. The Hall–Kier alpha value is -4.32. The fourth-order valence-electron chi connectivity index (χ4n) is 3.38. The zero-order valence-corrected chi connectivity index (χ0v) is 23.9. The average Bonchev–Trinajstić information content (AvgIpc) is 2.92. The molecule has 0 aliphatic rings. The van der Waals surface area contributed by atoms with Crippen LogP contribution >= 0.6 is 0 Å². The van der Waals surface area contributed by atoms with Gasteiger partial charge in [0, 0.05) is 19.6 Å². The number of carbonyl (C=O) groups excluding carboxylic acids is 1. The smallest absolute Gasteiger partial charge is 0.409 e. The van der Waals surface area contributed by atoms with Crippen molar-refractivity contribution in [2.75, 3.05) is 43.3 Å². The van der Waals surface area contributed by atoms with Crippen LogP contribution < -0.4 is 30.7 Å². The van der Waals surface area contributed by atoms with Crippen LogP contribution in [0.15, 0.2) is 48.5 Å². The lowest BCUT2D eigenvalue weighted by molar-refractivity contribution is 0.0163. The van der Waals surface area contributed by atoms with Crippen molar-refractivity contribution < 1.29 is 23.7 Å². The van der Waals surface area contributed by atoms with E-state index in [1.54, 1.807) is 41.9 Å². The summed E-state index contributed by atoms with van der Waals surface area (Å²) in [5, 5.41) is 12.3. The maximum atomic E-state index is 11.9. The van der Waals surface area contributed by atoms with Gasteiger partial charge in [-0.15, -0.1) is 0 Å². The van der Waals surface area contributed by atoms with Gasteiger partial charge < -0.3 is 34.9 Å². The third-order valence-electron chi connectivity index (χ3n) is 5.33. The van der Waals surface area contributed by atoms with E-state index in [1.165, 1.54) is 0 Å². The molecule has 0 aliphatic carbocycles. The van der Waals surface area contributed by atoms with Crippen LogP contribution in [0.2, 0.25) is 0 Å². The minimum Gasteiger partial charge on any atom is -0.497 e. The van der Waals surface area contributed by atoms with E-state index in [0.717, 1.165) is 22.6 Å². The average molecular weight is 554 g/mol. The Morgan fingerprint density at radius 3 is 1.65 bits per heavy atom. The Labute approximate surface area is 235 Å². The first-order valence-electron chi connectivity index (χ1n) is 13.0. The largest absolute Gasteiger partial charge is 0.497 e. The number of anilines is 3. The number of hydrogen-bond donors (Lipinski definition) is 4. The van der Waals surface area contributed by atoms with Crippen LogP contribution in [0, 0.1) is 0 Å². The third kappa shape index (κ3) is 10.8. The standard InChI is InChI=1S/C28H39N7O5/c1-19(32-27(36)40-28(2,3)4)39-16-15-29-24-33-25(30-17-20-7-11-22(37-5)12-8-20)35-26(34-24)31-18-21-9-13-23(38-6)14-10-21/h7-14,19H,15-18H2,1-6H3,(H,32,36)(H3,29,30,31,33,34,35). The lowest BCUT2D eigenvalue weighted by Crippen LogP contribution is -2.39. The van der Waals surface area contributed by atoms with E-state index in [2.05, 4.69) is 36.2 Å². The number of methoxy groups -OCH3 is 2. The topological polar surface area (TPSA) is 141 Å². The van der Waals surface area contributed by atoms with Crippen LogP contribution in [-0.2, 0) is 22.6 Å². The summed E-state index contributed by atoms with van der Waals surface area (Å²) < 4.78 is 21.4. The third-order valence-corrected chi connectivity index (χ3v) is 5.33. The molecule has 2 aromatic carbocycles. The maximum Gasteiger partial charge on any atom is 0.409 e. The molecule has 3 rings (SSSR count).